The molecule has 1 atom stereocenters. The number of aliphatic hydroxyl groups excluding tert-OH is 1. The molecular weight excluding hydrogens is 330 g/mol. The van der Waals surface area contributed by atoms with Crippen LogP contribution < -0.4 is 4.72 Å². The second-order valence-corrected chi connectivity index (χ2v) is 7.35. The van der Waals surface area contributed by atoms with Crippen LogP contribution >= 0.6 is 15.9 Å². The zero-order valence-electron chi connectivity index (χ0n) is 11.2. The van der Waals surface area contributed by atoms with Gasteiger partial charge in [0.15, 0.2) is 0 Å². The minimum absolute atomic E-state index is 0.135. The number of rotatable bonds is 7. The molecule has 0 aromatic heterocycles. The van der Waals surface area contributed by atoms with Gasteiger partial charge in [0.25, 0.3) is 0 Å². The van der Waals surface area contributed by atoms with E-state index in [1.54, 1.807) is 18.2 Å². The molecule has 1 rings (SSSR count). The third-order valence-electron chi connectivity index (χ3n) is 2.85. The quantitative estimate of drug-likeness (QED) is 0.743. The summed E-state index contributed by atoms with van der Waals surface area (Å²) in [5, 5.41) is 8.89. The minimum Gasteiger partial charge on any atom is -0.396 e. The lowest BCUT2D eigenvalue weighted by Gasteiger charge is -2.10. The van der Waals surface area contributed by atoms with Gasteiger partial charge in [-0.3, -0.25) is 0 Å². The van der Waals surface area contributed by atoms with Crippen molar-refractivity contribution in [2.45, 2.75) is 31.6 Å². The molecule has 0 aliphatic heterocycles. The van der Waals surface area contributed by atoms with E-state index < -0.39 is 10.0 Å². The molecule has 0 aliphatic rings. The van der Waals surface area contributed by atoms with Crippen LogP contribution in [-0.2, 0) is 10.0 Å². The highest BCUT2D eigenvalue weighted by Crippen LogP contribution is 2.22. The Morgan fingerprint density at radius 1 is 1.42 bits per heavy atom. The summed E-state index contributed by atoms with van der Waals surface area (Å²) in [4.78, 5) is 0.258. The number of aryl methyl sites for hydroxylation is 1. The van der Waals surface area contributed by atoms with Crippen LogP contribution in [0.1, 0.15) is 25.3 Å². The molecule has 0 saturated carbocycles. The Morgan fingerprint density at radius 3 is 2.68 bits per heavy atom. The van der Waals surface area contributed by atoms with Gasteiger partial charge in [-0.2, -0.15) is 0 Å². The highest BCUT2D eigenvalue weighted by molar-refractivity contribution is 9.10. The molecule has 0 amide bonds. The van der Waals surface area contributed by atoms with E-state index >= 15 is 0 Å². The highest BCUT2D eigenvalue weighted by atomic mass is 79.9. The van der Waals surface area contributed by atoms with Crippen LogP contribution in [0.4, 0.5) is 0 Å². The first kappa shape index (κ1) is 16.6. The molecule has 19 heavy (non-hydrogen) atoms. The maximum Gasteiger partial charge on any atom is 0.241 e. The van der Waals surface area contributed by atoms with Gasteiger partial charge in [0.05, 0.1) is 4.90 Å². The van der Waals surface area contributed by atoms with Gasteiger partial charge in [-0.15, -0.1) is 0 Å². The van der Waals surface area contributed by atoms with E-state index in [1.165, 1.54) is 0 Å². The van der Waals surface area contributed by atoms with Crippen molar-refractivity contribution in [2.24, 2.45) is 5.92 Å². The molecule has 0 heterocycles. The molecule has 0 spiro atoms. The zero-order chi connectivity index (χ0) is 14.5. The van der Waals surface area contributed by atoms with Crippen molar-refractivity contribution in [1.29, 1.82) is 0 Å². The average Bonchev–Trinajstić information content (AvgIpc) is 2.33. The van der Waals surface area contributed by atoms with E-state index in [9.17, 15) is 8.42 Å². The van der Waals surface area contributed by atoms with Crippen molar-refractivity contribution < 1.29 is 13.5 Å². The predicted molar refractivity (Wildman–Crippen MR) is 79.6 cm³/mol. The van der Waals surface area contributed by atoms with Crippen molar-refractivity contribution >= 4 is 26.0 Å². The van der Waals surface area contributed by atoms with Gasteiger partial charge in [-0.05, 0) is 59.3 Å². The van der Waals surface area contributed by atoms with Crippen molar-refractivity contribution in [3.05, 3.63) is 28.2 Å². The van der Waals surface area contributed by atoms with Crippen LogP contribution in [0.3, 0.4) is 0 Å². The maximum absolute atomic E-state index is 12.1. The van der Waals surface area contributed by atoms with Crippen molar-refractivity contribution in [3.63, 3.8) is 0 Å². The third kappa shape index (κ3) is 5.22. The summed E-state index contributed by atoms with van der Waals surface area (Å²) in [5.41, 5.74) is 1.00. The largest absolute Gasteiger partial charge is 0.396 e. The number of sulfonamides is 1. The van der Waals surface area contributed by atoms with Gasteiger partial charge in [0.1, 0.15) is 0 Å². The molecule has 0 radical (unpaired) electrons. The molecule has 4 nitrogen and oxygen atoms in total. The van der Waals surface area contributed by atoms with Crippen LogP contribution in [0.5, 0.6) is 0 Å². The molecule has 1 aromatic carbocycles. The Labute approximate surface area is 123 Å². The van der Waals surface area contributed by atoms with E-state index in [1.807, 2.05) is 13.8 Å². The molecule has 0 fully saturated rings. The Bertz CT molecular complexity index is 517. The van der Waals surface area contributed by atoms with Gasteiger partial charge < -0.3 is 5.11 Å². The molecule has 6 heteroatoms. The fourth-order valence-electron chi connectivity index (χ4n) is 1.65. The topological polar surface area (TPSA) is 66.4 Å². The number of hydrogen-bond donors (Lipinski definition) is 2. The average molecular weight is 350 g/mol. The lowest BCUT2D eigenvalue weighted by Crippen LogP contribution is -2.25. The van der Waals surface area contributed by atoms with Gasteiger partial charge in [-0.1, -0.05) is 13.0 Å². The van der Waals surface area contributed by atoms with E-state index in [-0.39, 0.29) is 17.4 Å². The molecule has 0 aliphatic carbocycles. The van der Waals surface area contributed by atoms with Gasteiger partial charge in [-0.25, -0.2) is 13.1 Å². The number of aliphatic hydroxyl groups is 1. The molecule has 0 bridgehead atoms. The molecular formula is C13H20BrNO3S. The SMILES string of the molecule is Cc1ccc(S(=O)(=O)NCCCC(C)CO)c(Br)c1. The third-order valence-corrected chi connectivity index (χ3v) is 5.29. The summed E-state index contributed by atoms with van der Waals surface area (Å²) in [6.07, 6.45) is 1.51. The lowest BCUT2D eigenvalue weighted by molar-refractivity contribution is 0.228. The fraction of sp³-hybridized carbons (Fsp3) is 0.538. The number of benzene rings is 1. The first-order valence-electron chi connectivity index (χ1n) is 6.23. The van der Waals surface area contributed by atoms with E-state index in [0.717, 1.165) is 12.0 Å². The Morgan fingerprint density at radius 2 is 2.11 bits per heavy atom. The van der Waals surface area contributed by atoms with Crippen LogP contribution in [0, 0.1) is 12.8 Å². The summed E-state index contributed by atoms with van der Waals surface area (Å²) >= 11 is 3.27. The monoisotopic (exact) mass is 349 g/mol. The van der Waals surface area contributed by atoms with Crippen LogP contribution in [0.25, 0.3) is 0 Å². The van der Waals surface area contributed by atoms with E-state index in [4.69, 9.17) is 5.11 Å². The Kier molecular flexibility index (Phi) is 6.46. The first-order valence-corrected chi connectivity index (χ1v) is 8.51. The summed E-state index contributed by atoms with van der Waals surface area (Å²) < 4.78 is 27.3. The van der Waals surface area contributed by atoms with E-state index in [2.05, 4.69) is 20.7 Å². The number of halogens is 1. The fourth-order valence-corrected chi connectivity index (χ4v) is 3.91. The Balaban J connectivity index is 2.61. The van der Waals surface area contributed by atoms with Gasteiger partial charge >= 0.3 is 0 Å². The second-order valence-electron chi connectivity index (χ2n) is 4.76. The van der Waals surface area contributed by atoms with Crippen LogP contribution in [0.2, 0.25) is 0 Å². The van der Waals surface area contributed by atoms with Gasteiger partial charge in [0, 0.05) is 17.6 Å². The van der Waals surface area contributed by atoms with Crippen molar-refractivity contribution in [2.75, 3.05) is 13.2 Å². The van der Waals surface area contributed by atoms with Crippen molar-refractivity contribution in [3.8, 4) is 0 Å². The standard InChI is InChI=1S/C13H20BrNO3S/c1-10-5-6-13(12(14)8-10)19(17,18)15-7-3-4-11(2)9-16/h5-6,8,11,15-16H,3-4,7,9H2,1-2H3. The second kappa shape index (κ2) is 7.38. The maximum atomic E-state index is 12.1. The summed E-state index contributed by atoms with van der Waals surface area (Å²) in [6.45, 7) is 4.36. The predicted octanol–water partition coefficient (Wildman–Crippen LogP) is 2.44. The molecule has 1 unspecified atom stereocenters. The first-order chi connectivity index (χ1) is 8.86. The van der Waals surface area contributed by atoms with Crippen LogP contribution in [-0.4, -0.2) is 26.7 Å². The minimum atomic E-state index is -3.47. The normalized spacial score (nSPS) is 13.5. The summed E-state index contributed by atoms with van der Waals surface area (Å²) in [7, 11) is -3.47. The summed E-state index contributed by atoms with van der Waals surface area (Å²) in [5.74, 6) is 0.204. The lowest BCUT2D eigenvalue weighted by atomic mass is 10.1. The van der Waals surface area contributed by atoms with Crippen molar-refractivity contribution in [1.82, 2.24) is 4.72 Å². The van der Waals surface area contributed by atoms with Gasteiger partial charge in [0.2, 0.25) is 10.0 Å². The number of hydrogen-bond acceptors (Lipinski definition) is 3. The smallest absolute Gasteiger partial charge is 0.241 e. The molecule has 1 aromatic rings. The zero-order valence-corrected chi connectivity index (χ0v) is 13.6. The van der Waals surface area contributed by atoms with Crippen LogP contribution in [0.15, 0.2) is 27.6 Å². The molecule has 2 N–H and O–H groups in total. The molecule has 108 valence electrons. The number of nitrogens with one attached hydrogen (secondary N) is 1. The van der Waals surface area contributed by atoms with E-state index in [0.29, 0.717) is 17.4 Å². The molecule has 0 saturated heterocycles. The summed E-state index contributed by atoms with van der Waals surface area (Å²) in [6, 6.07) is 5.15. The highest BCUT2D eigenvalue weighted by Gasteiger charge is 2.16. The Hall–Kier alpha value is -0.430.